The van der Waals surface area contributed by atoms with Crippen LogP contribution in [0, 0.1) is 6.92 Å². The van der Waals surface area contributed by atoms with Gasteiger partial charge in [0.2, 0.25) is 0 Å². The average Bonchev–Trinajstić information content (AvgIpc) is 2.71. The first-order chi connectivity index (χ1) is 8.65. The number of aromatic nitrogens is 1. The Morgan fingerprint density at radius 3 is 2.83 bits per heavy atom. The van der Waals surface area contributed by atoms with Crippen LogP contribution in [0.1, 0.15) is 10.4 Å². The van der Waals surface area contributed by atoms with E-state index in [2.05, 4.69) is 27.0 Å². The molecule has 0 saturated carbocycles. The highest BCUT2D eigenvalue weighted by atomic mass is 79.9. The number of rotatable bonds is 4. The van der Waals surface area contributed by atoms with E-state index < -0.39 is 0 Å². The van der Waals surface area contributed by atoms with E-state index in [9.17, 15) is 0 Å². The number of thiazole rings is 1. The second-order valence-electron chi connectivity index (χ2n) is 3.96. The second kappa shape index (κ2) is 5.82. The molecule has 1 aromatic heterocycles. The second-order valence-corrected chi connectivity index (χ2v) is 5.79. The molecule has 3 nitrogen and oxygen atoms in total. The zero-order valence-corrected chi connectivity index (χ0v) is 12.8. The first kappa shape index (κ1) is 13.5. The third-order valence-electron chi connectivity index (χ3n) is 2.66. The van der Waals surface area contributed by atoms with Crippen molar-refractivity contribution in [2.45, 2.75) is 13.3 Å². The Balaban J connectivity index is 2.36. The first-order valence-corrected chi connectivity index (χ1v) is 7.27. The van der Waals surface area contributed by atoms with Gasteiger partial charge in [0, 0.05) is 10.4 Å². The van der Waals surface area contributed by atoms with Gasteiger partial charge in [0.15, 0.2) is 0 Å². The third-order valence-corrected chi connectivity index (χ3v) is 4.75. The zero-order chi connectivity index (χ0) is 13.1. The smallest absolute Gasteiger partial charge is 0.124 e. The molecule has 1 aromatic carbocycles. The lowest BCUT2D eigenvalue weighted by molar-refractivity contribution is 0.412. The minimum atomic E-state index is 0.641. The summed E-state index contributed by atoms with van der Waals surface area (Å²) >= 11 is 5.16. The van der Waals surface area contributed by atoms with Gasteiger partial charge >= 0.3 is 0 Å². The molecule has 0 aliphatic carbocycles. The van der Waals surface area contributed by atoms with Crippen molar-refractivity contribution in [3.8, 4) is 16.3 Å². The molecular weight excluding hydrogens is 312 g/mol. The molecular formula is C13H15BrN2OS. The van der Waals surface area contributed by atoms with E-state index in [-0.39, 0.29) is 0 Å². The summed E-state index contributed by atoms with van der Waals surface area (Å²) in [6, 6.07) is 6.10. The van der Waals surface area contributed by atoms with Gasteiger partial charge in [-0.25, -0.2) is 4.98 Å². The molecule has 1 heterocycles. The number of nitrogens with two attached hydrogens (primary N) is 1. The summed E-state index contributed by atoms with van der Waals surface area (Å²) in [6.45, 7) is 2.67. The molecule has 0 fully saturated rings. The Morgan fingerprint density at radius 2 is 2.22 bits per heavy atom. The monoisotopic (exact) mass is 326 g/mol. The molecule has 18 heavy (non-hydrogen) atoms. The van der Waals surface area contributed by atoms with E-state index >= 15 is 0 Å². The van der Waals surface area contributed by atoms with Crippen molar-refractivity contribution in [2.24, 2.45) is 5.73 Å². The van der Waals surface area contributed by atoms with Crippen molar-refractivity contribution in [1.82, 2.24) is 4.98 Å². The molecule has 0 spiro atoms. The van der Waals surface area contributed by atoms with Crippen molar-refractivity contribution in [3.05, 3.63) is 33.2 Å². The fourth-order valence-electron chi connectivity index (χ4n) is 1.75. The van der Waals surface area contributed by atoms with Gasteiger partial charge in [-0.2, -0.15) is 0 Å². The maximum atomic E-state index is 5.58. The Hall–Kier alpha value is -0.910. The predicted octanol–water partition coefficient (Wildman–Crippen LogP) is 3.39. The summed E-state index contributed by atoms with van der Waals surface area (Å²) in [7, 11) is 1.68. The fourth-order valence-corrected chi connectivity index (χ4v) is 3.45. The van der Waals surface area contributed by atoms with Crippen molar-refractivity contribution in [3.63, 3.8) is 0 Å². The Morgan fingerprint density at radius 1 is 1.44 bits per heavy atom. The van der Waals surface area contributed by atoms with Gasteiger partial charge in [-0.3, -0.25) is 0 Å². The van der Waals surface area contributed by atoms with E-state index in [4.69, 9.17) is 10.5 Å². The number of benzene rings is 1. The third kappa shape index (κ3) is 2.74. The standard InChI is InChI=1S/C13H15BrN2OS/c1-8-7-9(3-4-10(8)17-2)13-16-12(14)11(18-13)5-6-15/h3-4,7H,5-6,15H2,1-2H3. The molecule has 0 aliphatic heterocycles. The highest BCUT2D eigenvalue weighted by molar-refractivity contribution is 9.10. The molecule has 0 bridgehead atoms. The maximum Gasteiger partial charge on any atom is 0.124 e. The van der Waals surface area contributed by atoms with Gasteiger partial charge in [-0.15, -0.1) is 11.3 Å². The molecule has 0 unspecified atom stereocenters. The molecule has 2 N–H and O–H groups in total. The largest absolute Gasteiger partial charge is 0.496 e. The molecule has 0 aliphatic rings. The van der Waals surface area contributed by atoms with Crippen LogP contribution in [0.3, 0.4) is 0 Å². The van der Waals surface area contributed by atoms with Crippen LogP contribution in [0.4, 0.5) is 0 Å². The number of aryl methyl sites for hydroxylation is 1. The lowest BCUT2D eigenvalue weighted by atomic mass is 10.1. The summed E-state index contributed by atoms with van der Waals surface area (Å²) in [5, 5.41) is 1.01. The van der Waals surface area contributed by atoms with Crippen molar-refractivity contribution in [1.29, 1.82) is 0 Å². The van der Waals surface area contributed by atoms with Gasteiger partial charge in [0.25, 0.3) is 0 Å². The van der Waals surface area contributed by atoms with E-state index in [1.165, 1.54) is 4.88 Å². The summed E-state index contributed by atoms with van der Waals surface area (Å²) in [6.07, 6.45) is 0.855. The minimum Gasteiger partial charge on any atom is -0.496 e. The predicted molar refractivity (Wildman–Crippen MR) is 79.3 cm³/mol. The number of hydrogen-bond donors (Lipinski definition) is 1. The average molecular weight is 327 g/mol. The van der Waals surface area contributed by atoms with E-state index in [1.54, 1.807) is 18.4 Å². The van der Waals surface area contributed by atoms with Gasteiger partial charge < -0.3 is 10.5 Å². The number of ether oxygens (including phenoxy) is 1. The van der Waals surface area contributed by atoms with E-state index in [0.29, 0.717) is 6.54 Å². The fraction of sp³-hybridized carbons (Fsp3) is 0.308. The molecule has 0 saturated heterocycles. The lowest BCUT2D eigenvalue weighted by Gasteiger charge is -2.05. The van der Waals surface area contributed by atoms with Crippen LogP contribution in [0.2, 0.25) is 0 Å². The molecule has 2 aromatic rings. The van der Waals surface area contributed by atoms with Crippen LogP contribution in [-0.2, 0) is 6.42 Å². The molecule has 2 rings (SSSR count). The molecule has 5 heteroatoms. The summed E-state index contributed by atoms with van der Waals surface area (Å²) in [5.74, 6) is 0.900. The normalized spacial score (nSPS) is 10.7. The zero-order valence-electron chi connectivity index (χ0n) is 10.4. The van der Waals surface area contributed by atoms with Crippen LogP contribution in [0.5, 0.6) is 5.75 Å². The van der Waals surface area contributed by atoms with Crippen LogP contribution in [0.25, 0.3) is 10.6 Å². The van der Waals surface area contributed by atoms with Crippen molar-refractivity contribution < 1.29 is 4.74 Å². The van der Waals surface area contributed by atoms with Gasteiger partial charge in [-0.05, 0) is 59.6 Å². The molecule has 0 amide bonds. The van der Waals surface area contributed by atoms with Crippen LogP contribution < -0.4 is 10.5 Å². The van der Waals surface area contributed by atoms with Gasteiger partial charge in [-0.1, -0.05) is 0 Å². The highest BCUT2D eigenvalue weighted by Crippen LogP contribution is 2.33. The van der Waals surface area contributed by atoms with Crippen LogP contribution >= 0.6 is 27.3 Å². The number of hydrogen-bond acceptors (Lipinski definition) is 4. The number of nitrogens with zero attached hydrogens (tertiary/aromatic N) is 1. The van der Waals surface area contributed by atoms with E-state index in [1.807, 2.05) is 19.1 Å². The van der Waals surface area contributed by atoms with Crippen LogP contribution in [0.15, 0.2) is 22.8 Å². The topological polar surface area (TPSA) is 48.1 Å². The van der Waals surface area contributed by atoms with Gasteiger partial charge in [0.1, 0.15) is 15.4 Å². The molecule has 96 valence electrons. The molecule has 0 radical (unpaired) electrons. The van der Waals surface area contributed by atoms with Crippen molar-refractivity contribution >= 4 is 27.3 Å². The SMILES string of the molecule is COc1ccc(-c2nc(Br)c(CCN)s2)cc1C. The molecule has 0 atom stereocenters. The Bertz CT molecular complexity index is 554. The number of methoxy groups -OCH3 is 1. The van der Waals surface area contributed by atoms with E-state index in [0.717, 1.165) is 32.9 Å². The summed E-state index contributed by atoms with van der Waals surface area (Å²) in [4.78, 5) is 5.73. The maximum absolute atomic E-state index is 5.58. The minimum absolute atomic E-state index is 0.641. The summed E-state index contributed by atoms with van der Waals surface area (Å²) < 4.78 is 6.16. The van der Waals surface area contributed by atoms with Crippen LogP contribution in [-0.4, -0.2) is 18.6 Å². The quantitative estimate of drug-likeness (QED) is 0.936. The number of halogens is 1. The Labute approximate surface area is 119 Å². The Kier molecular flexibility index (Phi) is 4.37. The van der Waals surface area contributed by atoms with Crippen molar-refractivity contribution in [2.75, 3.05) is 13.7 Å². The lowest BCUT2D eigenvalue weighted by Crippen LogP contribution is -2.01. The first-order valence-electron chi connectivity index (χ1n) is 5.66. The summed E-state index contributed by atoms with van der Waals surface area (Å²) in [5.41, 5.74) is 7.81. The van der Waals surface area contributed by atoms with Gasteiger partial charge in [0.05, 0.1) is 7.11 Å². The highest BCUT2D eigenvalue weighted by Gasteiger charge is 2.11.